The maximum atomic E-state index is 11.7. The van der Waals surface area contributed by atoms with Crippen LogP contribution in [0.25, 0.3) is 0 Å². The summed E-state index contributed by atoms with van der Waals surface area (Å²) >= 11 is 0. The molecular weight excluding hydrogens is 381 g/mol. The van der Waals surface area contributed by atoms with Crippen LogP contribution < -0.4 is 0 Å². The lowest BCUT2D eigenvalue weighted by molar-refractivity contribution is -0.189. The molecule has 11 heteroatoms. The van der Waals surface area contributed by atoms with Gasteiger partial charge in [0.25, 0.3) is 0 Å². The van der Waals surface area contributed by atoms with Gasteiger partial charge in [0.05, 0.1) is 18.3 Å². The summed E-state index contributed by atoms with van der Waals surface area (Å²) in [5.74, 6) is 0.117. The lowest BCUT2D eigenvalue weighted by Crippen LogP contribution is -2.28. The summed E-state index contributed by atoms with van der Waals surface area (Å²) < 4.78 is 79.5. The van der Waals surface area contributed by atoms with Crippen LogP contribution in [0.5, 0.6) is 0 Å². The molecule has 2 aliphatic carbocycles. The Morgan fingerprint density at radius 2 is 1.15 bits per heavy atom. The Balaban J connectivity index is 0.000000483. The Morgan fingerprint density at radius 1 is 0.778 bits per heavy atom. The number of rotatable bonds is 4. The highest BCUT2D eigenvalue weighted by Crippen LogP contribution is 2.24. The molecule has 0 aliphatic heterocycles. The fourth-order valence-electron chi connectivity index (χ4n) is 2.72. The molecule has 2 saturated carbocycles. The Bertz CT molecular complexity index is 412. The first-order valence-electron chi connectivity index (χ1n) is 8.51. The molecule has 0 bridgehead atoms. The molecule has 3 radical (unpaired) electrons. The van der Waals surface area contributed by atoms with Gasteiger partial charge in [-0.1, -0.05) is 0 Å². The van der Waals surface area contributed by atoms with E-state index in [1.165, 1.54) is 0 Å². The highest BCUT2D eigenvalue weighted by atomic mass is 19.4. The van der Waals surface area contributed by atoms with Crippen molar-refractivity contribution < 1.29 is 45.7 Å². The van der Waals surface area contributed by atoms with Gasteiger partial charge in [-0.15, -0.1) is 0 Å². The van der Waals surface area contributed by atoms with E-state index < -0.39 is 25.6 Å². The summed E-state index contributed by atoms with van der Waals surface area (Å²) in [7, 11) is 0. The molecule has 0 heterocycles. The molecule has 0 spiro atoms. The van der Waals surface area contributed by atoms with E-state index in [4.69, 9.17) is 5.11 Å². The topological polar surface area (TPSA) is 55.8 Å². The Morgan fingerprint density at radius 3 is 1.52 bits per heavy atom. The molecule has 0 amide bonds. The molecule has 2 rings (SSSR count). The number of hydrogen-bond donors (Lipinski definition) is 1. The Kier molecular flexibility index (Phi) is 11.6. The number of hydrogen-bond acceptors (Lipinski definition) is 4. The van der Waals surface area contributed by atoms with Gasteiger partial charge in [-0.25, -0.2) is 0 Å². The van der Waals surface area contributed by atoms with Crippen LogP contribution in [0.15, 0.2) is 0 Å². The van der Waals surface area contributed by atoms with Gasteiger partial charge < -0.3 is 14.6 Å². The molecule has 4 nitrogen and oxygen atoms in total. The Labute approximate surface area is 156 Å². The van der Waals surface area contributed by atoms with Gasteiger partial charge in [-0.2, -0.15) is 26.3 Å². The normalized spacial score (nSPS) is 24.6. The molecular formula is C16H24BF6O4. The predicted octanol–water partition coefficient (Wildman–Crippen LogP) is 3.57. The number of alkyl halides is 6. The van der Waals surface area contributed by atoms with Crippen LogP contribution in [0.2, 0.25) is 0 Å². The number of halogens is 6. The second-order valence-electron chi connectivity index (χ2n) is 6.52. The van der Waals surface area contributed by atoms with Crippen LogP contribution in [0.4, 0.5) is 26.3 Å². The van der Waals surface area contributed by atoms with Crippen LogP contribution >= 0.6 is 0 Å². The van der Waals surface area contributed by atoms with Crippen molar-refractivity contribution in [2.24, 2.45) is 0 Å². The van der Waals surface area contributed by atoms with Crippen molar-refractivity contribution >= 4 is 14.2 Å². The van der Waals surface area contributed by atoms with Crippen molar-refractivity contribution in [2.45, 2.75) is 82.0 Å². The first-order valence-corrected chi connectivity index (χ1v) is 8.51. The minimum atomic E-state index is -4.26. The molecule has 1 N–H and O–H groups in total. The average molecular weight is 405 g/mol. The zero-order chi connectivity index (χ0) is 19.8. The summed E-state index contributed by atoms with van der Waals surface area (Å²) in [5, 5.41) is 9.08. The molecule has 0 atom stereocenters. The smallest absolute Gasteiger partial charge is 0.393 e. The quantitative estimate of drug-likeness (QED) is 0.574. The first-order chi connectivity index (χ1) is 11.9. The minimum absolute atomic E-state index is 0. The Hall–Kier alpha value is -0.805. The van der Waals surface area contributed by atoms with Crippen molar-refractivity contribution in [1.82, 2.24) is 0 Å². The van der Waals surface area contributed by atoms with E-state index in [2.05, 4.69) is 9.47 Å². The first kappa shape index (κ1) is 26.2. The fourth-order valence-corrected chi connectivity index (χ4v) is 2.72. The highest BCUT2D eigenvalue weighted by Gasteiger charge is 2.31. The molecule has 157 valence electrons. The van der Waals surface area contributed by atoms with Gasteiger partial charge in [0.2, 0.25) is 0 Å². The molecule has 0 unspecified atom stereocenters. The average Bonchev–Trinajstić information content (AvgIpc) is 2.53. The number of Topliss-reactive ketones (excluding diaryl/α,β-unsaturated/α-hetero) is 1. The van der Waals surface area contributed by atoms with Gasteiger partial charge in [-0.3, -0.25) is 4.79 Å². The second-order valence-corrected chi connectivity index (χ2v) is 6.52. The van der Waals surface area contributed by atoms with E-state index in [0.717, 1.165) is 0 Å². The van der Waals surface area contributed by atoms with Crippen molar-refractivity contribution in [3.05, 3.63) is 0 Å². The SMILES string of the molecule is O=C1CCC(OCC(F)(F)F)CC1.OC1CCC(OCC(F)(F)F)CC1.[B]. The lowest BCUT2D eigenvalue weighted by atomic mass is 9.95. The van der Waals surface area contributed by atoms with Crippen LogP contribution in [0.1, 0.15) is 51.4 Å². The maximum Gasteiger partial charge on any atom is 0.411 e. The lowest BCUT2D eigenvalue weighted by Gasteiger charge is -2.25. The van der Waals surface area contributed by atoms with Crippen LogP contribution in [0, 0.1) is 0 Å². The van der Waals surface area contributed by atoms with Crippen molar-refractivity contribution in [3.8, 4) is 0 Å². The largest absolute Gasteiger partial charge is 0.411 e. The molecule has 0 saturated heterocycles. The third kappa shape index (κ3) is 13.9. The number of aliphatic hydroxyl groups is 1. The summed E-state index contributed by atoms with van der Waals surface area (Å²) in [6.07, 6.45) is -5.89. The van der Waals surface area contributed by atoms with Gasteiger partial charge in [0, 0.05) is 21.3 Å². The molecule has 0 aromatic carbocycles. The summed E-state index contributed by atoms with van der Waals surface area (Å²) in [4.78, 5) is 10.7. The van der Waals surface area contributed by atoms with E-state index >= 15 is 0 Å². The fraction of sp³-hybridized carbons (Fsp3) is 0.938. The van der Waals surface area contributed by atoms with Gasteiger partial charge in [0.15, 0.2) is 0 Å². The number of carbonyl (C=O) groups is 1. The van der Waals surface area contributed by atoms with Crippen LogP contribution in [-0.4, -0.2) is 63.2 Å². The standard InChI is InChI=1S/C8H13F3O2.C8H11F3O2.B/c2*9-8(10,11)5-13-7-3-1-6(12)2-4-7;/h6-7,12H,1-5H2;7H,1-5H2;. The summed E-state index contributed by atoms with van der Waals surface area (Å²) in [6, 6.07) is 0. The van der Waals surface area contributed by atoms with Gasteiger partial charge in [0.1, 0.15) is 19.0 Å². The third-order valence-corrected chi connectivity index (χ3v) is 4.10. The zero-order valence-electron chi connectivity index (χ0n) is 14.8. The van der Waals surface area contributed by atoms with E-state index in [-0.39, 0.29) is 32.5 Å². The minimum Gasteiger partial charge on any atom is -0.393 e. The molecule has 2 fully saturated rings. The van der Waals surface area contributed by atoms with E-state index in [0.29, 0.717) is 51.4 Å². The molecule has 27 heavy (non-hydrogen) atoms. The third-order valence-electron chi connectivity index (χ3n) is 4.10. The number of ether oxygens (including phenoxy) is 2. The monoisotopic (exact) mass is 405 g/mol. The highest BCUT2D eigenvalue weighted by molar-refractivity contribution is 5.79. The van der Waals surface area contributed by atoms with Gasteiger partial charge >= 0.3 is 12.4 Å². The number of carbonyl (C=O) groups excluding carboxylic acids is 1. The van der Waals surface area contributed by atoms with E-state index in [1.807, 2.05) is 0 Å². The molecule has 0 aromatic rings. The second kappa shape index (κ2) is 11.9. The van der Waals surface area contributed by atoms with Crippen molar-refractivity contribution in [2.75, 3.05) is 13.2 Å². The summed E-state index contributed by atoms with van der Waals surface area (Å²) in [5.41, 5.74) is 0. The predicted molar refractivity (Wildman–Crippen MR) is 85.3 cm³/mol. The van der Waals surface area contributed by atoms with Crippen LogP contribution in [0.3, 0.4) is 0 Å². The van der Waals surface area contributed by atoms with Crippen molar-refractivity contribution in [3.63, 3.8) is 0 Å². The van der Waals surface area contributed by atoms with E-state index in [9.17, 15) is 31.1 Å². The molecule has 2 aliphatic rings. The van der Waals surface area contributed by atoms with Gasteiger partial charge in [-0.05, 0) is 38.5 Å². The number of ketones is 1. The van der Waals surface area contributed by atoms with E-state index in [1.54, 1.807) is 0 Å². The summed E-state index contributed by atoms with van der Waals surface area (Å²) in [6.45, 7) is -2.38. The maximum absolute atomic E-state index is 11.7. The van der Waals surface area contributed by atoms with Crippen molar-refractivity contribution in [1.29, 1.82) is 0 Å². The molecule has 0 aromatic heterocycles. The zero-order valence-corrected chi connectivity index (χ0v) is 14.8. The van der Waals surface area contributed by atoms with Crippen LogP contribution in [-0.2, 0) is 14.3 Å². The number of aliphatic hydroxyl groups excluding tert-OH is 1.